The molecule has 4 aromatic rings. The molecule has 0 N–H and O–H groups in total. The van der Waals surface area contributed by atoms with Gasteiger partial charge in [0.15, 0.2) is 16.7 Å². The molecule has 4 rings (SSSR count). The van der Waals surface area contributed by atoms with E-state index in [-0.39, 0.29) is 28.6 Å². The predicted octanol–water partition coefficient (Wildman–Crippen LogP) is 5.41. The maximum Gasteiger partial charge on any atom is 0.243 e. The fourth-order valence-electron chi connectivity index (χ4n) is 5.22. The zero-order chi connectivity index (χ0) is 36.3. The standard InChI is InChI=1S/C34H38ClF3N4O5S2/c1-34(2,22-8-13-28(37)30(16-22)47-6)31-19-39-33(41(31)24-11-9-23(36)10-12-24)48-21-26-27(35)17-25(18-29(26)38)49(45,46)40(20-32(43)44)14-7-15-42(3,4)5/h8-13,16-19H,7,14-15,20-21H2,1-6H3. The lowest BCUT2D eigenvalue weighted by molar-refractivity contribution is -0.870. The first-order valence-corrected chi connectivity index (χ1v) is 17.9. The van der Waals surface area contributed by atoms with E-state index in [1.807, 2.05) is 35.0 Å². The highest BCUT2D eigenvalue weighted by Crippen LogP contribution is 2.39. The van der Waals surface area contributed by atoms with Crippen LogP contribution in [0.3, 0.4) is 0 Å². The summed E-state index contributed by atoms with van der Waals surface area (Å²) in [7, 11) is 2.68. The number of carboxylic acid groups (broad SMARTS) is 1. The maximum absolute atomic E-state index is 15.6. The first kappa shape index (κ1) is 38.2. The van der Waals surface area contributed by atoms with Gasteiger partial charge in [0, 0.05) is 40.4 Å². The van der Waals surface area contributed by atoms with Gasteiger partial charge in [-0.3, -0.25) is 4.57 Å². The van der Waals surface area contributed by atoms with E-state index < -0.39 is 50.3 Å². The molecule has 0 fully saturated rings. The molecule has 3 aromatic carbocycles. The van der Waals surface area contributed by atoms with Crippen molar-refractivity contribution in [3.63, 3.8) is 0 Å². The Morgan fingerprint density at radius 2 is 1.73 bits per heavy atom. The van der Waals surface area contributed by atoms with Gasteiger partial charge in [-0.15, -0.1) is 0 Å². The molecule has 0 amide bonds. The van der Waals surface area contributed by atoms with E-state index in [9.17, 15) is 27.1 Å². The second-order valence-electron chi connectivity index (χ2n) is 12.9. The van der Waals surface area contributed by atoms with Gasteiger partial charge in [0.25, 0.3) is 0 Å². The van der Waals surface area contributed by atoms with Crippen molar-refractivity contribution in [2.45, 2.75) is 41.5 Å². The van der Waals surface area contributed by atoms with Crippen LogP contribution in [0.2, 0.25) is 5.02 Å². The van der Waals surface area contributed by atoms with Crippen molar-refractivity contribution in [3.05, 3.63) is 100 Å². The lowest BCUT2D eigenvalue weighted by atomic mass is 9.81. The van der Waals surface area contributed by atoms with Gasteiger partial charge in [-0.1, -0.05) is 43.3 Å². The number of hydrogen-bond donors (Lipinski definition) is 0. The monoisotopic (exact) mass is 738 g/mol. The molecule has 0 aliphatic rings. The number of halogens is 4. The van der Waals surface area contributed by atoms with E-state index in [2.05, 4.69) is 4.98 Å². The van der Waals surface area contributed by atoms with Crippen LogP contribution in [0.4, 0.5) is 13.2 Å². The van der Waals surface area contributed by atoms with Crippen LogP contribution in [0, 0.1) is 17.5 Å². The summed E-state index contributed by atoms with van der Waals surface area (Å²) in [5.41, 5.74) is 1.15. The molecule has 15 heteroatoms. The molecule has 264 valence electrons. The van der Waals surface area contributed by atoms with E-state index in [1.165, 1.54) is 25.3 Å². The first-order chi connectivity index (χ1) is 22.8. The molecule has 0 saturated heterocycles. The Hall–Kier alpha value is -3.56. The van der Waals surface area contributed by atoms with Gasteiger partial charge in [0.1, 0.15) is 11.6 Å². The molecule has 1 aromatic heterocycles. The number of carbonyl (C=O) groups is 1. The molecule has 0 bridgehead atoms. The van der Waals surface area contributed by atoms with Gasteiger partial charge in [-0.05, 0) is 54.1 Å². The number of ether oxygens (including phenoxy) is 1. The van der Waals surface area contributed by atoms with Crippen LogP contribution < -0.4 is 9.84 Å². The van der Waals surface area contributed by atoms with Crippen molar-refractivity contribution >= 4 is 39.4 Å². The topological polar surface area (TPSA) is 105 Å². The zero-order valence-corrected chi connectivity index (χ0v) is 30.4. The Morgan fingerprint density at radius 1 is 1.06 bits per heavy atom. The molecule has 0 aliphatic carbocycles. The highest BCUT2D eigenvalue weighted by molar-refractivity contribution is 7.98. The number of sulfonamides is 1. The zero-order valence-electron chi connectivity index (χ0n) is 28.0. The molecule has 0 spiro atoms. The van der Waals surface area contributed by atoms with Gasteiger partial charge < -0.3 is 19.1 Å². The average molecular weight is 739 g/mol. The number of aromatic nitrogens is 2. The Labute approximate surface area is 293 Å². The number of carbonyl (C=O) groups excluding carboxylic acids is 1. The second-order valence-corrected chi connectivity index (χ2v) is 16.2. The quantitative estimate of drug-likeness (QED) is 0.119. The molecule has 0 aliphatic heterocycles. The molecule has 0 radical (unpaired) electrons. The third kappa shape index (κ3) is 8.97. The minimum Gasteiger partial charge on any atom is -0.549 e. The lowest BCUT2D eigenvalue weighted by Crippen LogP contribution is -2.43. The van der Waals surface area contributed by atoms with Crippen molar-refractivity contribution in [3.8, 4) is 11.4 Å². The van der Waals surface area contributed by atoms with E-state index in [1.54, 1.807) is 35.0 Å². The van der Waals surface area contributed by atoms with Gasteiger partial charge in [-0.2, -0.15) is 4.31 Å². The molecule has 9 nitrogen and oxygen atoms in total. The van der Waals surface area contributed by atoms with E-state index in [4.69, 9.17) is 16.3 Å². The van der Waals surface area contributed by atoms with Gasteiger partial charge in [-0.25, -0.2) is 26.6 Å². The van der Waals surface area contributed by atoms with Crippen molar-refractivity contribution < 1.29 is 40.7 Å². The number of methoxy groups -OCH3 is 1. The molecule has 1 heterocycles. The van der Waals surface area contributed by atoms with Gasteiger partial charge >= 0.3 is 0 Å². The fourth-order valence-corrected chi connectivity index (χ4v) is 8.12. The minimum atomic E-state index is -4.44. The number of aliphatic carboxylic acids is 1. The summed E-state index contributed by atoms with van der Waals surface area (Å²) in [4.78, 5) is 15.5. The first-order valence-electron chi connectivity index (χ1n) is 15.1. The van der Waals surface area contributed by atoms with Crippen molar-refractivity contribution in [1.82, 2.24) is 13.9 Å². The SMILES string of the molecule is COc1cc(C(C)(C)c2cnc(SCc3c(F)cc(S(=O)(=O)N(CCC[N+](C)(C)C)CC(=O)[O-])cc3Cl)n2-c2ccc(F)cc2)ccc1F. The van der Waals surface area contributed by atoms with Crippen LogP contribution in [0.15, 0.2) is 70.8 Å². The summed E-state index contributed by atoms with van der Waals surface area (Å²) >= 11 is 7.59. The fraction of sp³-hybridized carbons (Fsp3) is 0.353. The Morgan fingerprint density at radius 3 is 2.33 bits per heavy atom. The molecule has 0 unspecified atom stereocenters. The number of imidazole rings is 1. The summed E-state index contributed by atoms with van der Waals surface area (Å²) in [5.74, 6) is -3.47. The van der Waals surface area contributed by atoms with Gasteiger partial charge in [0.05, 0.1) is 64.1 Å². The average Bonchev–Trinajstić information content (AvgIpc) is 3.44. The van der Waals surface area contributed by atoms with Crippen LogP contribution in [0.5, 0.6) is 5.75 Å². The molecule has 0 saturated carbocycles. The number of benzene rings is 3. The van der Waals surface area contributed by atoms with Crippen molar-refractivity contribution in [1.29, 1.82) is 0 Å². The highest BCUT2D eigenvalue weighted by atomic mass is 35.5. The van der Waals surface area contributed by atoms with Crippen LogP contribution in [-0.2, 0) is 26.0 Å². The maximum atomic E-state index is 15.6. The second kappa shape index (κ2) is 15.1. The third-order valence-corrected chi connectivity index (χ3v) is 11.1. The summed E-state index contributed by atoms with van der Waals surface area (Å²) in [6, 6.07) is 12.2. The third-order valence-electron chi connectivity index (χ3n) is 7.97. The number of carboxylic acids is 1. The lowest BCUT2D eigenvalue weighted by Gasteiger charge is -2.28. The summed E-state index contributed by atoms with van der Waals surface area (Å²) in [6.45, 7) is 3.37. The Balaban J connectivity index is 1.68. The largest absolute Gasteiger partial charge is 0.549 e. The molecule has 0 atom stereocenters. The summed E-state index contributed by atoms with van der Waals surface area (Å²) in [6.07, 6.45) is 1.98. The van der Waals surface area contributed by atoms with Gasteiger partial charge in [0.2, 0.25) is 10.0 Å². The normalized spacial score (nSPS) is 12.5. The number of quaternary nitrogens is 1. The van der Waals surface area contributed by atoms with E-state index >= 15 is 4.39 Å². The smallest absolute Gasteiger partial charge is 0.243 e. The number of thioether (sulfide) groups is 1. The van der Waals surface area contributed by atoms with E-state index in [0.717, 1.165) is 28.2 Å². The van der Waals surface area contributed by atoms with Crippen LogP contribution in [-0.4, -0.2) is 80.6 Å². The minimum absolute atomic E-state index is 0.000150. The van der Waals surface area contributed by atoms with Crippen LogP contribution in [0.1, 0.15) is 37.1 Å². The molecular formula is C34H38ClF3N4O5S2. The van der Waals surface area contributed by atoms with Crippen molar-refractivity contribution in [2.24, 2.45) is 0 Å². The van der Waals surface area contributed by atoms with Crippen LogP contribution in [0.25, 0.3) is 5.69 Å². The van der Waals surface area contributed by atoms with Crippen molar-refractivity contribution in [2.75, 3.05) is 47.9 Å². The Kier molecular flexibility index (Phi) is 11.8. The number of nitrogens with zero attached hydrogens (tertiary/aromatic N) is 4. The number of rotatable bonds is 15. The number of hydrogen-bond acceptors (Lipinski definition) is 7. The molecule has 49 heavy (non-hydrogen) atoms. The summed E-state index contributed by atoms with van der Waals surface area (Å²) in [5, 5.41) is 11.6. The Bertz CT molecular complexity index is 1910. The molecular weight excluding hydrogens is 701 g/mol. The van der Waals surface area contributed by atoms with E-state index in [0.29, 0.717) is 39.5 Å². The van der Waals surface area contributed by atoms with Crippen LogP contribution >= 0.6 is 23.4 Å². The highest BCUT2D eigenvalue weighted by Gasteiger charge is 2.31. The summed E-state index contributed by atoms with van der Waals surface area (Å²) < 4.78 is 79.0. The predicted molar refractivity (Wildman–Crippen MR) is 181 cm³/mol.